The summed E-state index contributed by atoms with van der Waals surface area (Å²) in [5, 5.41) is 8.17. The van der Waals surface area contributed by atoms with Crippen LogP contribution in [-0.4, -0.2) is 9.78 Å². The van der Waals surface area contributed by atoms with Crippen LogP contribution in [0.1, 0.15) is 58.1 Å². The van der Waals surface area contributed by atoms with Crippen LogP contribution in [0.2, 0.25) is 0 Å². The Labute approximate surface area is 131 Å². The Morgan fingerprint density at radius 2 is 2.10 bits per heavy atom. The molecule has 0 aliphatic heterocycles. The molecule has 1 unspecified atom stereocenters. The minimum absolute atomic E-state index is 0.416. The predicted molar refractivity (Wildman–Crippen MR) is 88.9 cm³/mol. The average Bonchev–Trinajstić information content (AvgIpc) is 2.99. The summed E-state index contributed by atoms with van der Waals surface area (Å²) >= 11 is 2.01. The number of rotatable bonds is 4. The summed E-state index contributed by atoms with van der Waals surface area (Å²) in [6.07, 6.45) is 5.29. The molecule has 1 aliphatic rings. The van der Waals surface area contributed by atoms with Crippen molar-refractivity contribution in [1.82, 2.24) is 15.1 Å². The highest BCUT2D eigenvalue weighted by Gasteiger charge is 2.17. The smallest absolute Gasteiger partial charge is 0.0641 e. The first-order valence-corrected chi connectivity index (χ1v) is 8.72. The molecule has 0 saturated carbocycles. The van der Waals surface area contributed by atoms with Gasteiger partial charge in [-0.25, -0.2) is 0 Å². The van der Waals surface area contributed by atoms with E-state index in [0.717, 1.165) is 12.2 Å². The summed E-state index contributed by atoms with van der Waals surface area (Å²) in [7, 11) is 2.02. The highest BCUT2D eigenvalue weighted by atomic mass is 32.1. The molecular formula is C17H25N3S. The van der Waals surface area contributed by atoms with Crippen LogP contribution in [0.3, 0.4) is 0 Å². The zero-order chi connectivity index (χ0) is 15.0. The molecule has 2 aromatic heterocycles. The zero-order valence-electron chi connectivity index (χ0n) is 13.5. The van der Waals surface area contributed by atoms with Crippen molar-refractivity contribution in [2.45, 2.75) is 59.0 Å². The lowest BCUT2D eigenvalue weighted by atomic mass is 9.99. The van der Waals surface area contributed by atoms with E-state index in [1.54, 1.807) is 10.4 Å². The van der Waals surface area contributed by atoms with E-state index in [1.807, 2.05) is 23.1 Å². The lowest BCUT2D eigenvalue weighted by Gasteiger charge is -2.12. The van der Waals surface area contributed by atoms with Gasteiger partial charge in [-0.1, -0.05) is 0 Å². The van der Waals surface area contributed by atoms with Crippen LogP contribution in [0.25, 0.3) is 0 Å². The number of hydrogen-bond donors (Lipinski definition) is 1. The van der Waals surface area contributed by atoms with Gasteiger partial charge in [0.05, 0.1) is 5.69 Å². The summed E-state index contributed by atoms with van der Waals surface area (Å²) in [6.45, 7) is 7.41. The molecule has 3 rings (SSSR count). The molecule has 0 saturated heterocycles. The van der Waals surface area contributed by atoms with E-state index in [-0.39, 0.29) is 0 Å². The largest absolute Gasteiger partial charge is 0.305 e. The molecule has 3 nitrogen and oxygen atoms in total. The van der Waals surface area contributed by atoms with E-state index in [2.05, 4.69) is 37.3 Å². The lowest BCUT2D eigenvalue weighted by molar-refractivity contribution is 0.579. The predicted octanol–water partition coefficient (Wildman–Crippen LogP) is 3.83. The van der Waals surface area contributed by atoms with Crippen molar-refractivity contribution in [2.75, 3.05) is 0 Å². The van der Waals surface area contributed by atoms with Gasteiger partial charge in [-0.05, 0) is 58.1 Å². The Bertz CT molecular complexity index is 615. The van der Waals surface area contributed by atoms with E-state index in [1.165, 1.54) is 41.8 Å². The summed E-state index contributed by atoms with van der Waals surface area (Å²) in [4.78, 5) is 3.11. The fourth-order valence-corrected chi connectivity index (χ4v) is 4.44. The molecule has 1 atom stereocenters. The Hall–Kier alpha value is -1.13. The maximum absolute atomic E-state index is 4.49. The fraction of sp³-hybridized carbons (Fsp3) is 0.588. The van der Waals surface area contributed by atoms with Gasteiger partial charge >= 0.3 is 0 Å². The summed E-state index contributed by atoms with van der Waals surface area (Å²) in [6, 6.07) is 2.85. The molecule has 0 radical (unpaired) electrons. The number of thiophene rings is 1. The first kappa shape index (κ1) is 14.8. The molecular weight excluding hydrogens is 278 g/mol. The van der Waals surface area contributed by atoms with Crippen LogP contribution < -0.4 is 5.32 Å². The van der Waals surface area contributed by atoms with Crippen LogP contribution in [0.4, 0.5) is 0 Å². The quantitative estimate of drug-likeness (QED) is 0.930. The van der Waals surface area contributed by atoms with Crippen LogP contribution in [-0.2, 0) is 26.4 Å². The number of nitrogens with zero attached hydrogens (tertiary/aromatic N) is 2. The van der Waals surface area contributed by atoms with E-state index >= 15 is 0 Å². The molecule has 21 heavy (non-hydrogen) atoms. The van der Waals surface area contributed by atoms with Gasteiger partial charge in [0.15, 0.2) is 0 Å². The second-order valence-corrected chi connectivity index (χ2v) is 7.35. The zero-order valence-corrected chi connectivity index (χ0v) is 14.3. The molecule has 1 aliphatic carbocycles. The number of hydrogen-bond acceptors (Lipinski definition) is 3. The summed E-state index contributed by atoms with van der Waals surface area (Å²) < 4.78 is 1.97. The molecule has 0 amide bonds. The molecule has 0 spiro atoms. The van der Waals surface area contributed by atoms with E-state index < -0.39 is 0 Å². The Morgan fingerprint density at radius 1 is 1.33 bits per heavy atom. The minimum Gasteiger partial charge on any atom is -0.305 e. The van der Waals surface area contributed by atoms with Crippen molar-refractivity contribution >= 4 is 11.3 Å². The fourth-order valence-electron chi connectivity index (χ4n) is 3.16. The second-order valence-electron chi connectivity index (χ2n) is 6.18. The average molecular weight is 303 g/mol. The highest BCUT2D eigenvalue weighted by Crippen LogP contribution is 2.32. The van der Waals surface area contributed by atoms with Gasteiger partial charge < -0.3 is 5.32 Å². The number of aryl methyl sites for hydroxylation is 4. The molecule has 0 fully saturated rings. The first-order chi connectivity index (χ1) is 10.1. The maximum atomic E-state index is 4.49. The van der Waals surface area contributed by atoms with Crippen LogP contribution >= 0.6 is 11.3 Å². The van der Waals surface area contributed by atoms with Gasteiger partial charge in [0.2, 0.25) is 0 Å². The van der Waals surface area contributed by atoms with E-state index in [4.69, 9.17) is 0 Å². The van der Waals surface area contributed by atoms with Crippen LogP contribution in [0, 0.1) is 13.8 Å². The normalized spacial score (nSPS) is 16.0. The molecule has 0 bridgehead atoms. The third-order valence-electron chi connectivity index (χ3n) is 4.69. The van der Waals surface area contributed by atoms with E-state index in [9.17, 15) is 0 Å². The van der Waals surface area contributed by atoms with Gasteiger partial charge in [0.25, 0.3) is 0 Å². The number of fused-ring (bicyclic) bond motifs is 1. The topological polar surface area (TPSA) is 29.9 Å². The van der Waals surface area contributed by atoms with Crippen LogP contribution in [0.15, 0.2) is 6.07 Å². The molecule has 1 N–H and O–H groups in total. The molecule has 2 aromatic rings. The second kappa shape index (κ2) is 5.93. The number of aromatic nitrogens is 2. The van der Waals surface area contributed by atoms with Gasteiger partial charge in [-0.2, -0.15) is 5.10 Å². The number of nitrogens with one attached hydrogen (secondary N) is 1. The molecule has 0 aromatic carbocycles. The standard InChI is InChI=1S/C17H25N3S/c1-11-15(13(3)20(4)19-11)10-18-12(2)17-9-14-7-5-6-8-16(14)21-17/h9,12,18H,5-8,10H2,1-4H3. The van der Waals surface area contributed by atoms with Gasteiger partial charge in [0.1, 0.15) is 0 Å². The summed E-state index contributed by atoms with van der Waals surface area (Å²) in [5.74, 6) is 0. The SMILES string of the molecule is Cc1nn(C)c(C)c1CNC(C)c1cc2c(s1)CCCC2. The molecule has 2 heterocycles. The minimum atomic E-state index is 0.416. The lowest BCUT2D eigenvalue weighted by Crippen LogP contribution is -2.18. The van der Waals surface area contributed by atoms with Crippen molar-refractivity contribution < 1.29 is 0 Å². The highest BCUT2D eigenvalue weighted by molar-refractivity contribution is 7.12. The van der Waals surface area contributed by atoms with Crippen molar-refractivity contribution in [3.8, 4) is 0 Å². The monoisotopic (exact) mass is 303 g/mol. The van der Waals surface area contributed by atoms with Crippen molar-refractivity contribution in [2.24, 2.45) is 7.05 Å². The van der Waals surface area contributed by atoms with Crippen LogP contribution in [0.5, 0.6) is 0 Å². The van der Waals surface area contributed by atoms with Gasteiger partial charge in [-0.3, -0.25) is 4.68 Å². The summed E-state index contributed by atoms with van der Waals surface area (Å²) in [5.41, 5.74) is 5.34. The maximum Gasteiger partial charge on any atom is 0.0641 e. The third kappa shape index (κ3) is 2.92. The van der Waals surface area contributed by atoms with Crippen molar-refractivity contribution in [1.29, 1.82) is 0 Å². The molecule has 114 valence electrons. The van der Waals surface area contributed by atoms with Gasteiger partial charge in [-0.15, -0.1) is 11.3 Å². The Balaban J connectivity index is 1.69. The van der Waals surface area contributed by atoms with Gasteiger partial charge in [0, 0.05) is 40.6 Å². The first-order valence-electron chi connectivity index (χ1n) is 7.90. The Morgan fingerprint density at radius 3 is 2.76 bits per heavy atom. The van der Waals surface area contributed by atoms with Crippen molar-refractivity contribution in [3.63, 3.8) is 0 Å². The Kier molecular flexibility index (Phi) is 4.18. The molecule has 4 heteroatoms. The van der Waals surface area contributed by atoms with E-state index in [0.29, 0.717) is 6.04 Å². The van der Waals surface area contributed by atoms with Crippen molar-refractivity contribution in [3.05, 3.63) is 38.3 Å². The third-order valence-corrected chi connectivity index (χ3v) is 6.11.